The van der Waals surface area contributed by atoms with Crippen LogP contribution in [-0.2, 0) is 31.9 Å². The lowest BCUT2D eigenvalue weighted by Gasteiger charge is -2.26. The summed E-state index contributed by atoms with van der Waals surface area (Å²) < 4.78 is 32.1. The SMILES string of the molecule is O=C(NCc1ccccc1CS(=O)(=O)N1CCOCC1)[C@@H]1CC=CCC1. The average Bonchev–Trinajstić information content (AvgIpc) is 2.68. The van der Waals surface area contributed by atoms with Crippen molar-refractivity contribution in [3.8, 4) is 0 Å². The number of hydrogen-bond acceptors (Lipinski definition) is 4. The molecule has 1 aliphatic carbocycles. The molecule has 26 heavy (non-hydrogen) atoms. The summed E-state index contributed by atoms with van der Waals surface area (Å²) in [5.74, 6) is 0.00927. The smallest absolute Gasteiger partial charge is 0.223 e. The Morgan fingerprint density at radius 1 is 1.15 bits per heavy atom. The summed E-state index contributed by atoms with van der Waals surface area (Å²) in [6, 6.07) is 7.41. The van der Waals surface area contributed by atoms with E-state index in [1.807, 2.05) is 24.3 Å². The van der Waals surface area contributed by atoms with Crippen LogP contribution in [0.4, 0.5) is 0 Å². The fraction of sp³-hybridized carbons (Fsp3) is 0.526. The number of nitrogens with zero attached hydrogens (tertiary/aromatic N) is 1. The van der Waals surface area contributed by atoms with Gasteiger partial charge in [-0.15, -0.1) is 0 Å². The summed E-state index contributed by atoms with van der Waals surface area (Å²) in [4.78, 5) is 12.3. The van der Waals surface area contributed by atoms with Gasteiger partial charge in [-0.05, 0) is 30.4 Å². The van der Waals surface area contributed by atoms with Gasteiger partial charge in [-0.1, -0.05) is 36.4 Å². The molecule has 1 saturated heterocycles. The molecule has 6 nitrogen and oxygen atoms in total. The van der Waals surface area contributed by atoms with Crippen LogP contribution in [0, 0.1) is 5.92 Å². The maximum Gasteiger partial charge on any atom is 0.223 e. The normalized spacial score (nSPS) is 21.5. The summed E-state index contributed by atoms with van der Waals surface area (Å²) in [7, 11) is -3.39. The van der Waals surface area contributed by atoms with Crippen molar-refractivity contribution in [2.75, 3.05) is 26.3 Å². The first-order valence-corrected chi connectivity index (χ1v) is 10.7. The molecule has 2 aliphatic rings. The van der Waals surface area contributed by atoms with Crippen molar-refractivity contribution in [3.63, 3.8) is 0 Å². The summed E-state index contributed by atoms with van der Waals surface area (Å²) in [5.41, 5.74) is 1.59. The minimum absolute atomic E-state index is 0.0178. The van der Waals surface area contributed by atoms with E-state index < -0.39 is 10.0 Å². The first kappa shape index (κ1) is 19.1. The van der Waals surface area contributed by atoms with Gasteiger partial charge in [-0.2, -0.15) is 4.31 Å². The Labute approximate surface area is 155 Å². The first-order valence-electron chi connectivity index (χ1n) is 9.11. The second kappa shape index (κ2) is 8.79. The Balaban J connectivity index is 1.64. The van der Waals surface area contributed by atoms with Gasteiger partial charge < -0.3 is 10.1 Å². The molecular weight excluding hydrogens is 352 g/mol. The Morgan fingerprint density at radius 2 is 1.88 bits per heavy atom. The fourth-order valence-electron chi connectivity index (χ4n) is 3.34. The van der Waals surface area contributed by atoms with Crippen molar-refractivity contribution >= 4 is 15.9 Å². The van der Waals surface area contributed by atoms with Gasteiger partial charge in [0.05, 0.1) is 19.0 Å². The van der Waals surface area contributed by atoms with Gasteiger partial charge >= 0.3 is 0 Å². The van der Waals surface area contributed by atoms with E-state index >= 15 is 0 Å². The van der Waals surface area contributed by atoms with Gasteiger partial charge in [0, 0.05) is 25.6 Å². The molecule has 1 aromatic carbocycles. The maximum atomic E-state index is 12.7. The number of sulfonamides is 1. The number of benzene rings is 1. The van der Waals surface area contributed by atoms with Crippen LogP contribution in [0.5, 0.6) is 0 Å². The third-order valence-corrected chi connectivity index (χ3v) is 6.74. The van der Waals surface area contributed by atoms with Crippen molar-refractivity contribution in [2.24, 2.45) is 5.92 Å². The van der Waals surface area contributed by atoms with E-state index in [1.54, 1.807) is 0 Å². The van der Waals surface area contributed by atoms with Crippen LogP contribution in [-0.4, -0.2) is 44.9 Å². The number of carbonyl (C=O) groups is 1. The van der Waals surface area contributed by atoms with Crippen molar-refractivity contribution in [2.45, 2.75) is 31.6 Å². The monoisotopic (exact) mass is 378 g/mol. The topological polar surface area (TPSA) is 75.7 Å². The number of allylic oxidation sites excluding steroid dienone is 2. The number of rotatable bonds is 6. The zero-order valence-corrected chi connectivity index (χ0v) is 15.7. The number of carbonyl (C=O) groups excluding carboxylic acids is 1. The highest BCUT2D eigenvalue weighted by atomic mass is 32.2. The quantitative estimate of drug-likeness (QED) is 0.766. The first-order chi connectivity index (χ1) is 12.6. The van der Waals surface area contributed by atoms with Crippen molar-refractivity contribution in [3.05, 3.63) is 47.5 Å². The molecule has 1 N–H and O–H groups in total. The maximum absolute atomic E-state index is 12.7. The van der Waals surface area contributed by atoms with Crippen LogP contribution in [0.3, 0.4) is 0 Å². The molecule has 1 amide bonds. The molecular formula is C19H26N2O4S. The predicted octanol–water partition coefficient (Wildman–Crippen LogP) is 1.82. The Kier molecular flexibility index (Phi) is 6.45. The molecule has 0 radical (unpaired) electrons. The minimum Gasteiger partial charge on any atom is -0.379 e. The van der Waals surface area contributed by atoms with Gasteiger partial charge in [-0.3, -0.25) is 4.79 Å². The van der Waals surface area contributed by atoms with Gasteiger partial charge in [0.1, 0.15) is 0 Å². The third-order valence-electron chi connectivity index (χ3n) is 4.91. The zero-order valence-electron chi connectivity index (χ0n) is 14.9. The van der Waals surface area contributed by atoms with Gasteiger partial charge in [-0.25, -0.2) is 8.42 Å². The summed E-state index contributed by atoms with van der Waals surface area (Å²) >= 11 is 0. The van der Waals surface area contributed by atoms with E-state index in [0.29, 0.717) is 32.8 Å². The van der Waals surface area contributed by atoms with Gasteiger partial charge in [0.15, 0.2) is 0 Å². The third kappa shape index (κ3) is 4.93. The van der Waals surface area contributed by atoms with Crippen molar-refractivity contribution < 1.29 is 17.9 Å². The zero-order chi connectivity index (χ0) is 18.4. The number of morpholine rings is 1. The second-order valence-corrected chi connectivity index (χ2v) is 8.70. The lowest BCUT2D eigenvalue weighted by Crippen LogP contribution is -2.41. The molecule has 1 fully saturated rings. The number of ether oxygens (including phenoxy) is 1. The van der Waals surface area contributed by atoms with Crippen LogP contribution in [0.15, 0.2) is 36.4 Å². The summed E-state index contributed by atoms with van der Waals surface area (Å²) in [5, 5.41) is 2.97. The lowest BCUT2D eigenvalue weighted by molar-refractivity contribution is -0.125. The number of amides is 1. The van der Waals surface area contributed by atoms with E-state index in [9.17, 15) is 13.2 Å². The molecule has 1 atom stereocenters. The molecule has 0 saturated carbocycles. The molecule has 0 aromatic heterocycles. The van der Waals surface area contributed by atoms with Crippen LogP contribution in [0.2, 0.25) is 0 Å². The minimum atomic E-state index is -3.39. The highest BCUT2D eigenvalue weighted by Crippen LogP contribution is 2.19. The van der Waals surface area contributed by atoms with Crippen molar-refractivity contribution in [1.29, 1.82) is 0 Å². The lowest BCUT2D eigenvalue weighted by atomic mass is 9.93. The summed E-state index contributed by atoms with van der Waals surface area (Å²) in [6.45, 7) is 2.03. The van der Waals surface area contributed by atoms with Crippen molar-refractivity contribution in [1.82, 2.24) is 9.62 Å². The molecule has 7 heteroatoms. The van der Waals surface area contributed by atoms with E-state index in [4.69, 9.17) is 4.74 Å². The van der Waals surface area contributed by atoms with Gasteiger partial charge in [0.2, 0.25) is 15.9 Å². The van der Waals surface area contributed by atoms with Crippen LogP contribution in [0.1, 0.15) is 30.4 Å². The van der Waals surface area contributed by atoms with E-state index in [-0.39, 0.29) is 17.6 Å². The number of nitrogens with one attached hydrogen (secondary N) is 1. The fourth-order valence-corrected chi connectivity index (χ4v) is 4.90. The molecule has 142 valence electrons. The molecule has 0 spiro atoms. The van der Waals surface area contributed by atoms with Gasteiger partial charge in [0.25, 0.3) is 0 Å². The molecule has 0 bridgehead atoms. The van der Waals surface area contributed by atoms with Crippen LogP contribution >= 0.6 is 0 Å². The van der Waals surface area contributed by atoms with Crippen LogP contribution in [0.25, 0.3) is 0 Å². The Bertz CT molecular complexity index is 755. The molecule has 1 heterocycles. The molecule has 0 unspecified atom stereocenters. The molecule has 1 aliphatic heterocycles. The standard InChI is InChI=1S/C19H26N2O4S/c22-19(16-6-2-1-3-7-16)20-14-17-8-4-5-9-18(17)15-26(23,24)21-10-12-25-13-11-21/h1-2,4-5,8-9,16H,3,6-7,10-15H2,(H,20,22)/t16-/m1/s1. The summed E-state index contributed by atoms with van der Waals surface area (Å²) in [6.07, 6.45) is 6.74. The Hall–Kier alpha value is -1.70. The number of hydrogen-bond donors (Lipinski definition) is 1. The van der Waals surface area contributed by atoms with E-state index in [0.717, 1.165) is 30.4 Å². The van der Waals surface area contributed by atoms with E-state index in [2.05, 4.69) is 17.5 Å². The predicted molar refractivity (Wildman–Crippen MR) is 99.8 cm³/mol. The average molecular weight is 378 g/mol. The second-order valence-electron chi connectivity index (χ2n) is 6.74. The van der Waals surface area contributed by atoms with Crippen LogP contribution < -0.4 is 5.32 Å². The largest absolute Gasteiger partial charge is 0.379 e. The molecule has 3 rings (SSSR count). The van der Waals surface area contributed by atoms with E-state index in [1.165, 1.54) is 4.31 Å². The Morgan fingerprint density at radius 3 is 2.58 bits per heavy atom. The highest BCUT2D eigenvalue weighted by Gasteiger charge is 2.25. The molecule has 1 aromatic rings. The highest BCUT2D eigenvalue weighted by molar-refractivity contribution is 7.88.